The molecule has 4 nitrogen and oxygen atoms in total. The summed E-state index contributed by atoms with van der Waals surface area (Å²) in [6.07, 6.45) is 1.43. The number of rotatable bonds is 2. The summed E-state index contributed by atoms with van der Waals surface area (Å²) in [7, 11) is 0. The van der Waals surface area contributed by atoms with E-state index in [1.165, 1.54) is 6.20 Å². The van der Waals surface area contributed by atoms with Crippen LogP contribution in [-0.4, -0.2) is 15.1 Å². The summed E-state index contributed by atoms with van der Waals surface area (Å²) in [4.78, 5) is 7.39. The first-order valence-electron chi connectivity index (χ1n) is 4.29. The number of aromatic hydroxyl groups is 1. The predicted molar refractivity (Wildman–Crippen MR) is 58.4 cm³/mol. The number of hydrogen-bond donors (Lipinski definition) is 2. The quantitative estimate of drug-likeness (QED) is 0.766. The van der Waals surface area contributed by atoms with Crippen LogP contribution in [0.4, 0.5) is 11.4 Å². The van der Waals surface area contributed by atoms with Crippen molar-refractivity contribution in [3.8, 4) is 5.88 Å². The zero-order valence-electron chi connectivity index (χ0n) is 7.68. The number of anilines is 2. The molecule has 0 bridgehead atoms. The van der Waals surface area contributed by atoms with Crippen molar-refractivity contribution in [3.05, 3.63) is 41.8 Å². The van der Waals surface area contributed by atoms with E-state index in [9.17, 15) is 5.11 Å². The second kappa shape index (κ2) is 4.14. The minimum Gasteiger partial charge on any atom is -0.492 e. The lowest BCUT2D eigenvalue weighted by atomic mass is 10.3. The monoisotopic (exact) mass is 221 g/mol. The number of hydrogen-bond acceptors (Lipinski definition) is 4. The Hall–Kier alpha value is -1.81. The van der Waals surface area contributed by atoms with E-state index in [0.29, 0.717) is 5.69 Å². The number of aromatic nitrogens is 2. The van der Waals surface area contributed by atoms with Gasteiger partial charge in [0, 0.05) is 5.69 Å². The molecule has 0 saturated heterocycles. The molecule has 2 N–H and O–H groups in total. The lowest BCUT2D eigenvalue weighted by Crippen LogP contribution is -1.93. The van der Waals surface area contributed by atoms with E-state index < -0.39 is 0 Å². The van der Waals surface area contributed by atoms with Crippen molar-refractivity contribution in [2.45, 2.75) is 0 Å². The number of para-hydroxylation sites is 1. The van der Waals surface area contributed by atoms with Gasteiger partial charge in [0.05, 0.1) is 6.20 Å². The molecule has 0 fully saturated rings. The summed E-state index contributed by atoms with van der Waals surface area (Å²) in [5.74, 6) is -0.168. The van der Waals surface area contributed by atoms with Gasteiger partial charge in [-0.1, -0.05) is 18.2 Å². The van der Waals surface area contributed by atoms with Crippen molar-refractivity contribution in [2.75, 3.05) is 5.32 Å². The van der Waals surface area contributed by atoms with Gasteiger partial charge in [-0.05, 0) is 23.7 Å². The Kier molecular flexibility index (Phi) is 2.69. The molecule has 0 atom stereocenters. The van der Waals surface area contributed by atoms with Crippen LogP contribution in [0.3, 0.4) is 0 Å². The van der Waals surface area contributed by atoms with Crippen molar-refractivity contribution in [3.63, 3.8) is 0 Å². The summed E-state index contributed by atoms with van der Waals surface area (Å²) >= 11 is 5.51. The average Bonchev–Trinajstić information content (AvgIpc) is 2.24. The second-order valence-electron chi connectivity index (χ2n) is 2.87. The molecule has 1 aromatic carbocycles. The average molecular weight is 222 g/mol. The van der Waals surface area contributed by atoms with Crippen LogP contribution >= 0.6 is 11.6 Å². The molecule has 1 aromatic heterocycles. The first-order chi connectivity index (χ1) is 7.25. The minimum atomic E-state index is -0.168. The third-order valence-corrected chi connectivity index (χ3v) is 1.97. The molecule has 15 heavy (non-hydrogen) atoms. The SMILES string of the molecule is Oc1nc(Cl)ncc1Nc1ccccc1. The first-order valence-corrected chi connectivity index (χ1v) is 4.67. The van der Waals surface area contributed by atoms with Crippen LogP contribution in [-0.2, 0) is 0 Å². The number of halogens is 1. The van der Waals surface area contributed by atoms with E-state index in [4.69, 9.17) is 11.6 Å². The summed E-state index contributed by atoms with van der Waals surface area (Å²) in [5.41, 5.74) is 1.27. The third-order valence-electron chi connectivity index (χ3n) is 1.79. The van der Waals surface area contributed by atoms with Gasteiger partial charge in [-0.2, -0.15) is 4.98 Å². The van der Waals surface area contributed by atoms with Crippen LogP contribution in [0.1, 0.15) is 0 Å². The maximum absolute atomic E-state index is 9.45. The lowest BCUT2D eigenvalue weighted by Gasteiger charge is -2.06. The molecular weight excluding hydrogens is 214 g/mol. The fourth-order valence-corrected chi connectivity index (χ4v) is 1.25. The van der Waals surface area contributed by atoms with Crippen LogP contribution in [0.2, 0.25) is 5.28 Å². The van der Waals surface area contributed by atoms with E-state index in [2.05, 4.69) is 15.3 Å². The van der Waals surface area contributed by atoms with Gasteiger partial charge < -0.3 is 10.4 Å². The molecular formula is C10H8ClN3O. The maximum Gasteiger partial charge on any atom is 0.239 e. The first kappa shape index (κ1) is 9.73. The molecule has 2 aromatic rings. The van der Waals surface area contributed by atoms with E-state index in [1.807, 2.05) is 30.3 Å². The van der Waals surface area contributed by atoms with Crippen molar-refractivity contribution < 1.29 is 5.11 Å². The highest BCUT2D eigenvalue weighted by molar-refractivity contribution is 6.28. The Morgan fingerprint density at radius 3 is 2.60 bits per heavy atom. The van der Waals surface area contributed by atoms with Gasteiger partial charge in [0.25, 0.3) is 0 Å². The Morgan fingerprint density at radius 2 is 1.93 bits per heavy atom. The van der Waals surface area contributed by atoms with Gasteiger partial charge in [0.1, 0.15) is 5.69 Å². The van der Waals surface area contributed by atoms with Crippen LogP contribution in [0.15, 0.2) is 36.5 Å². The molecule has 0 aliphatic carbocycles. The second-order valence-corrected chi connectivity index (χ2v) is 3.21. The van der Waals surface area contributed by atoms with Gasteiger partial charge >= 0.3 is 0 Å². The molecule has 0 radical (unpaired) electrons. The highest BCUT2D eigenvalue weighted by Gasteiger charge is 2.04. The molecule has 0 saturated carbocycles. The summed E-state index contributed by atoms with van der Waals surface area (Å²) in [6, 6.07) is 9.41. The largest absolute Gasteiger partial charge is 0.492 e. The predicted octanol–water partition coefficient (Wildman–Crippen LogP) is 2.58. The molecule has 5 heteroatoms. The molecule has 0 unspecified atom stereocenters. The molecule has 0 amide bonds. The molecule has 76 valence electrons. The van der Waals surface area contributed by atoms with Gasteiger partial charge in [0.15, 0.2) is 0 Å². The summed E-state index contributed by atoms with van der Waals surface area (Å²) in [5, 5.41) is 12.4. The molecule has 1 heterocycles. The summed E-state index contributed by atoms with van der Waals surface area (Å²) < 4.78 is 0. The highest BCUT2D eigenvalue weighted by atomic mass is 35.5. The standard InChI is InChI=1S/C10H8ClN3O/c11-10-12-6-8(9(15)14-10)13-7-4-2-1-3-5-7/h1-6,13H,(H,12,14,15). The number of nitrogens with zero attached hydrogens (tertiary/aromatic N) is 2. The summed E-state index contributed by atoms with van der Waals surface area (Å²) in [6.45, 7) is 0. The Labute approximate surface area is 91.6 Å². The normalized spacial score (nSPS) is 9.93. The minimum absolute atomic E-state index is 0.0195. The Balaban J connectivity index is 2.25. The Morgan fingerprint density at radius 1 is 1.20 bits per heavy atom. The lowest BCUT2D eigenvalue weighted by molar-refractivity contribution is 0.455. The van der Waals surface area contributed by atoms with Gasteiger partial charge in [-0.25, -0.2) is 4.98 Å². The highest BCUT2D eigenvalue weighted by Crippen LogP contribution is 2.24. The van der Waals surface area contributed by atoms with Crippen LogP contribution in [0, 0.1) is 0 Å². The molecule has 0 aliphatic heterocycles. The van der Waals surface area contributed by atoms with Crippen LogP contribution in [0.25, 0.3) is 0 Å². The van der Waals surface area contributed by atoms with E-state index >= 15 is 0 Å². The van der Waals surface area contributed by atoms with Gasteiger partial charge in [-0.3, -0.25) is 0 Å². The molecule has 0 spiro atoms. The maximum atomic E-state index is 9.45. The topological polar surface area (TPSA) is 58.0 Å². The number of nitrogens with one attached hydrogen (secondary N) is 1. The van der Waals surface area contributed by atoms with E-state index in [1.54, 1.807) is 0 Å². The van der Waals surface area contributed by atoms with Gasteiger partial charge in [-0.15, -0.1) is 0 Å². The molecule has 0 aliphatic rings. The number of benzene rings is 1. The fraction of sp³-hybridized carbons (Fsp3) is 0. The van der Waals surface area contributed by atoms with Crippen LogP contribution < -0.4 is 5.32 Å². The van der Waals surface area contributed by atoms with Crippen molar-refractivity contribution in [2.24, 2.45) is 0 Å². The van der Waals surface area contributed by atoms with Crippen molar-refractivity contribution >= 4 is 23.0 Å². The van der Waals surface area contributed by atoms with E-state index in [-0.39, 0.29) is 11.2 Å². The van der Waals surface area contributed by atoms with Gasteiger partial charge in [0.2, 0.25) is 11.2 Å². The fourth-order valence-electron chi connectivity index (χ4n) is 1.12. The third kappa shape index (κ3) is 2.35. The van der Waals surface area contributed by atoms with E-state index in [0.717, 1.165) is 5.69 Å². The smallest absolute Gasteiger partial charge is 0.239 e. The Bertz CT molecular complexity index is 461. The van der Waals surface area contributed by atoms with Crippen LogP contribution in [0.5, 0.6) is 5.88 Å². The zero-order valence-corrected chi connectivity index (χ0v) is 8.44. The van der Waals surface area contributed by atoms with Crippen molar-refractivity contribution in [1.82, 2.24) is 9.97 Å². The molecule has 2 rings (SSSR count). The zero-order chi connectivity index (χ0) is 10.7. The van der Waals surface area contributed by atoms with Crippen molar-refractivity contribution in [1.29, 1.82) is 0 Å².